The van der Waals surface area contributed by atoms with Crippen LogP contribution in [0.15, 0.2) is 30.3 Å². The molecule has 0 amide bonds. The molecule has 0 unspecified atom stereocenters. The third-order valence-corrected chi connectivity index (χ3v) is 11.0. The number of rotatable bonds is 8. The van der Waals surface area contributed by atoms with Crippen LogP contribution in [0.3, 0.4) is 0 Å². The van der Waals surface area contributed by atoms with Gasteiger partial charge < -0.3 is 0 Å². The second-order valence-electron chi connectivity index (χ2n) is 13.3. The smallest absolute Gasteiger partial charge is 0.0249 e. The SMILES string of the molecule is Cc1c(I)c(-c2c(C(C)C)cc(C(C)C)cc2C(C)C)cc(-c2c(C(C)C)cc(C(C)C)cc2C(C)C)c1I. The van der Waals surface area contributed by atoms with Crippen LogP contribution in [0.4, 0.5) is 0 Å². The van der Waals surface area contributed by atoms with Gasteiger partial charge >= 0.3 is 0 Å². The third-order valence-electron chi connectivity index (χ3n) is 8.22. The predicted octanol–water partition coefficient (Wildman–Crippen LogP) is 13.3. The van der Waals surface area contributed by atoms with Gasteiger partial charge in [0.2, 0.25) is 0 Å². The Balaban J connectivity index is 2.55. The highest BCUT2D eigenvalue weighted by Gasteiger charge is 2.26. The molecule has 3 rings (SSSR count). The van der Waals surface area contributed by atoms with Crippen molar-refractivity contribution in [2.75, 3.05) is 0 Å². The Bertz CT molecular complexity index is 1180. The van der Waals surface area contributed by atoms with E-state index in [1.807, 2.05) is 0 Å². The largest absolute Gasteiger partial charge is 0.0587 e. The zero-order valence-corrected chi connectivity index (χ0v) is 30.9. The van der Waals surface area contributed by atoms with Gasteiger partial charge in [0.25, 0.3) is 0 Å². The van der Waals surface area contributed by atoms with E-state index >= 15 is 0 Å². The summed E-state index contributed by atoms with van der Waals surface area (Å²) < 4.78 is 2.77. The van der Waals surface area contributed by atoms with E-state index < -0.39 is 0 Å². The Hall–Kier alpha value is -0.880. The van der Waals surface area contributed by atoms with Crippen LogP contribution in [0.1, 0.15) is 158 Å². The Morgan fingerprint density at radius 1 is 0.410 bits per heavy atom. The van der Waals surface area contributed by atoms with E-state index in [9.17, 15) is 0 Å². The van der Waals surface area contributed by atoms with Crippen LogP contribution in [0.2, 0.25) is 0 Å². The molecule has 0 heterocycles. The number of benzene rings is 3. The molecule has 0 aliphatic rings. The summed E-state index contributed by atoms with van der Waals surface area (Å²) in [5.74, 6) is 2.86. The molecule has 0 aromatic heterocycles. The first-order valence-corrected chi connectivity index (χ1v) is 17.1. The van der Waals surface area contributed by atoms with Gasteiger partial charge in [0, 0.05) is 7.14 Å². The minimum Gasteiger partial charge on any atom is -0.0587 e. The minimum absolute atomic E-state index is 0.456. The Morgan fingerprint density at radius 2 is 0.667 bits per heavy atom. The summed E-state index contributed by atoms with van der Waals surface area (Å²) in [5, 5.41) is 0. The van der Waals surface area contributed by atoms with Gasteiger partial charge in [-0.1, -0.05) is 107 Å². The van der Waals surface area contributed by atoms with Crippen LogP contribution >= 0.6 is 45.2 Å². The highest BCUT2D eigenvalue weighted by molar-refractivity contribution is 14.1. The number of hydrogen-bond acceptors (Lipinski definition) is 0. The molecule has 39 heavy (non-hydrogen) atoms. The van der Waals surface area contributed by atoms with Crippen molar-refractivity contribution in [2.45, 2.75) is 126 Å². The summed E-state index contributed by atoms with van der Waals surface area (Å²) >= 11 is 5.25. The normalized spacial score (nSPS) is 12.3. The highest BCUT2D eigenvalue weighted by Crippen LogP contribution is 2.47. The molecule has 0 saturated carbocycles. The van der Waals surface area contributed by atoms with Gasteiger partial charge in [0.05, 0.1) is 0 Å². The summed E-state index contributed by atoms with van der Waals surface area (Å²) in [6.45, 7) is 30.5. The second kappa shape index (κ2) is 13.0. The molecule has 0 aliphatic heterocycles. The maximum Gasteiger partial charge on any atom is 0.0249 e. The van der Waals surface area contributed by atoms with Gasteiger partial charge in [0.1, 0.15) is 0 Å². The van der Waals surface area contributed by atoms with Crippen LogP contribution in [0, 0.1) is 14.1 Å². The highest BCUT2D eigenvalue weighted by atomic mass is 127. The van der Waals surface area contributed by atoms with Crippen molar-refractivity contribution in [3.8, 4) is 22.3 Å². The molecule has 0 fully saturated rings. The fourth-order valence-corrected chi connectivity index (χ4v) is 7.58. The van der Waals surface area contributed by atoms with Gasteiger partial charge in [-0.15, -0.1) is 0 Å². The summed E-state index contributed by atoms with van der Waals surface area (Å²) in [7, 11) is 0. The van der Waals surface area contributed by atoms with Crippen LogP contribution in [0.25, 0.3) is 22.3 Å². The molecule has 2 heteroatoms. The molecular formula is C37H50I2. The molecule has 0 atom stereocenters. The first-order valence-electron chi connectivity index (χ1n) is 14.9. The van der Waals surface area contributed by atoms with Crippen molar-refractivity contribution < 1.29 is 0 Å². The minimum atomic E-state index is 0.456. The Labute approximate surface area is 267 Å². The lowest BCUT2D eigenvalue weighted by Gasteiger charge is -2.27. The van der Waals surface area contributed by atoms with Crippen molar-refractivity contribution in [1.29, 1.82) is 0 Å². The van der Waals surface area contributed by atoms with Gasteiger partial charge in [-0.05, 0) is 155 Å². The van der Waals surface area contributed by atoms with Gasteiger partial charge in [-0.2, -0.15) is 0 Å². The summed E-state index contributed by atoms with van der Waals surface area (Å²) in [6.07, 6.45) is 0. The van der Waals surface area contributed by atoms with E-state index in [1.54, 1.807) is 0 Å². The first kappa shape index (κ1) is 32.6. The van der Waals surface area contributed by atoms with Gasteiger partial charge in [0.15, 0.2) is 0 Å². The average Bonchev–Trinajstić information content (AvgIpc) is 2.85. The fourth-order valence-electron chi connectivity index (χ4n) is 5.67. The summed E-state index contributed by atoms with van der Waals surface area (Å²) in [4.78, 5) is 0. The predicted molar refractivity (Wildman–Crippen MR) is 192 cm³/mol. The molecule has 0 radical (unpaired) electrons. The number of hydrogen-bond donors (Lipinski definition) is 0. The molecule has 3 aromatic carbocycles. The van der Waals surface area contributed by atoms with Crippen molar-refractivity contribution in [1.82, 2.24) is 0 Å². The van der Waals surface area contributed by atoms with E-state index in [-0.39, 0.29) is 0 Å². The molecule has 0 saturated heterocycles. The Morgan fingerprint density at radius 3 is 0.872 bits per heavy atom. The van der Waals surface area contributed by atoms with Crippen molar-refractivity contribution in [3.63, 3.8) is 0 Å². The first-order chi connectivity index (χ1) is 18.1. The molecule has 0 aliphatic carbocycles. The maximum absolute atomic E-state index is 2.63. The van der Waals surface area contributed by atoms with E-state index in [0.29, 0.717) is 35.5 Å². The van der Waals surface area contributed by atoms with Crippen molar-refractivity contribution in [3.05, 3.63) is 76.4 Å². The zero-order valence-electron chi connectivity index (χ0n) is 26.6. The maximum atomic E-state index is 2.63. The summed E-state index contributed by atoms with van der Waals surface area (Å²) in [5.41, 5.74) is 16.0. The quantitative estimate of drug-likeness (QED) is 0.201. The Kier molecular flexibility index (Phi) is 10.8. The molecule has 0 nitrogen and oxygen atoms in total. The third kappa shape index (κ3) is 6.63. The van der Waals surface area contributed by atoms with Crippen molar-refractivity contribution >= 4 is 45.2 Å². The fraction of sp³-hybridized carbons (Fsp3) is 0.514. The molecule has 0 bridgehead atoms. The zero-order chi connectivity index (χ0) is 29.5. The second-order valence-corrected chi connectivity index (χ2v) is 15.5. The molecular weight excluding hydrogens is 698 g/mol. The standard InChI is InChI=1S/C37H50I2/c1-19(2)26-14-28(21(5)6)34(29(15-26)22(7)8)32-18-33(37(39)25(13)36(32)38)35-30(23(9)10)16-27(20(3)4)17-31(35)24(11)12/h14-24H,1-13H3. The van der Waals surface area contributed by atoms with Crippen LogP contribution in [-0.4, -0.2) is 0 Å². The topological polar surface area (TPSA) is 0 Å². The molecule has 0 N–H and O–H groups in total. The molecule has 212 valence electrons. The monoisotopic (exact) mass is 748 g/mol. The molecule has 3 aromatic rings. The van der Waals surface area contributed by atoms with Crippen LogP contribution in [-0.2, 0) is 0 Å². The summed E-state index contributed by atoms with van der Waals surface area (Å²) in [6, 6.07) is 12.5. The van der Waals surface area contributed by atoms with E-state index in [0.717, 1.165) is 0 Å². The van der Waals surface area contributed by atoms with E-state index in [4.69, 9.17) is 0 Å². The number of halogens is 2. The lowest BCUT2D eigenvalue weighted by atomic mass is 9.79. The van der Waals surface area contributed by atoms with Crippen LogP contribution in [0.5, 0.6) is 0 Å². The van der Waals surface area contributed by atoms with Gasteiger partial charge in [-0.25, -0.2) is 0 Å². The van der Waals surface area contributed by atoms with E-state index in [1.165, 1.54) is 68.3 Å². The van der Waals surface area contributed by atoms with Crippen LogP contribution < -0.4 is 0 Å². The van der Waals surface area contributed by atoms with Gasteiger partial charge in [-0.3, -0.25) is 0 Å². The average molecular weight is 749 g/mol. The van der Waals surface area contributed by atoms with E-state index in [2.05, 4.69) is 166 Å². The molecule has 0 spiro atoms. The lowest BCUT2D eigenvalue weighted by molar-refractivity contribution is 0.806. The van der Waals surface area contributed by atoms with Crippen molar-refractivity contribution in [2.24, 2.45) is 0 Å². The lowest BCUT2D eigenvalue weighted by Crippen LogP contribution is -2.08.